The molecule has 2 amide bonds. The van der Waals surface area contributed by atoms with Crippen molar-refractivity contribution in [3.8, 4) is 0 Å². The van der Waals surface area contributed by atoms with Gasteiger partial charge < -0.3 is 15.0 Å². The highest BCUT2D eigenvalue weighted by atomic mass is 16.6. The maximum atomic E-state index is 11.9. The van der Waals surface area contributed by atoms with Gasteiger partial charge in [-0.1, -0.05) is 18.2 Å². The van der Waals surface area contributed by atoms with Crippen LogP contribution in [-0.2, 0) is 9.53 Å². The zero-order valence-electron chi connectivity index (χ0n) is 12.5. The normalized spacial score (nSPS) is 10.8. The molecule has 0 aliphatic rings. The first-order chi connectivity index (χ1) is 9.29. The van der Waals surface area contributed by atoms with Crippen molar-refractivity contribution in [3.63, 3.8) is 0 Å². The van der Waals surface area contributed by atoms with E-state index in [0.717, 1.165) is 5.69 Å². The Balaban J connectivity index is 2.35. The Morgan fingerprint density at radius 3 is 2.35 bits per heavy atom. The van der Waals surface area contributed by atoms with Crippen LogP contribution in [0, 0.1) is 0 Å². The van der Waals surface area contributed by atoms with E-state index in [1.165, 1.54) is 0 Å². The van der Waals surface area contributed by atoms with E-state index in [2.05, 4.69) is 5.32 Å². The summed E-state index contributed by atoms with van der Waals surface area (Å²) in [6.07, 6.45) is -0.280. The highest BCUT2D eigenvalue weighted by molar-refractivity contribution is 5.93. The summed E-state index contributed by atoms with van der Waals surface area (Å²) in [5.74, 6) is -0.0627. The smallest absolute Gasteiger partial charge is 0.407 e. The predicted molar refractivity (Wildman–Crippen MR) is 78.7 cm³/mol. The second kappa shape index (κ2) is 6.93. The quantitative estimate of drug-likeness (QED) is 0.921. The van der Waals surface area contributed by atoms with Crippen molar-refractivity contribution >= 4 is 17.7 Å². The van der Waals surface area contributed by atoms with Crippen molar-refractivity contribution < 1.29 is 14.3 Å². The van der Waals surface area contributed by atoms with E-state index >= 15 is 0 Å². The van der Waals surface area contributed by atoms with Gasteiger partial charge in [-0.05, 0) is 32.9 Å². The minimum absolute atomic E-state index is 0.0627. The number of amides is 2. The maximum absolute atomic E-state index is 11.9. The third-order valence-electron chi connectivity index (χ3n) is 2.52. The summed E-state index contributed by atoms with van der Waals surface area (Å²) in [5, 5.41) is 2.57. The molecule has 1 aromatic carbocycles. The number of anilines is 1. The Kier molecular flexibility index (Phi) is 5.55. The first-order valence-electron chi connectivity index (χ1n) is 6.58. The highest BCUT2D eigenvalue weighted by Crippen LogP contribution is 2.11. The summed E-state index contributed by atoms with van der Waals surface area (Å²) in [7, 11) is 1.71. The number of carbonyl (C=O) groups excluding carboxylic acids is 2. The Labute approximate surface area is 119 Å². The number of alkyl carbamates (subject to hydrolysis) is 1. The SMILES string of the molecule is CN(C(=O)CCNC(=O)OC(C)(C)C)c1ccccc1. The van der Waals surface area contributed by atoms with Crippen LogP contribution >= 0.6 is 0 Å². The molecule has 0 radical (unpaired) electrons. The Hall–Kier alpha value is -2.04. The van der Waals surface area contributed by atoms with Crippen LogP contribution in [0.5, 0.6) is 0 Å². The molecule has 0 aromatic heterocycles. The van der Waals surface area contributed by atoms with Crippen molar-refractivity contribution in [2.45, 2.75) is 32.8 Å². The van der Waals surface area contributed by atoms with E-state index in [-0.39, 0.29) is 18.9 Å². The van der Waals surface area contributed by atoms with Crippen molar-refractivity contribution in [1.82, 2.24) is 5.32 Å². The van der Waals surface area contributed by atoms with Gasteiger partial charge >= 0.3 is 6.09 Å². The molecule has 0 unspecified atom stereocenters. The number of hydrogen-bond donors (Lipinski definition) is 1. The van der Waals surface area contributed by atoms with Gasteiger partial charge in [-0.2, -0.15) is 0 Å². The molecule has 0 saturated carbocycles. The van der Waals surface area contributed by atoms with Gasteiger partial charge in [0, 0.05) is 25.7 Å². The fraction of sp³-hybridized carbons (Fsp3) is 0.467. The van der Waals surface area contributed by atoms with Crippen LogP contribution in [0.1, 0.15) is 27.2 Å². The number of ether oxygens (including phenoxy) is 1. The van der Waals surface area contributed by atoms with Crippen molar-refractivity contribution in [3.05, 3.63) is 30.3 Å². The molecule has 0 fully saturated rings. The average Bonchev–Trinajstić information content (AvgIpc) is 2.36. The average molecular weight is 278 g/mol. The van der Waals surface area contributed by atoms with E-state index < -0.39 is 11.7 Å². The van der Waals surface area contributed by atoms with Crippen LogP contribution in [-0.4, -0.2) is 31.2 Å². The van der Waals surface area contributed by atoms with E-state index in [9.17, 15) is 9.59 Å². The molecular weight excluding hydrogens is 256 g/mol. The van der Waals surface area contributed by atoms with Crippen molar-refractivity contribution in [1.29, 1.82) is 0 Å². The van der Waals surface area contributed by atoms with Gasteiger partial charge in [0.15, 0.2) is 0 Å². The second-order valence-electron chi connectivity index (χ2n) is 5.47. The zero-order chi connectivity index (χ0) is 15.2. The molecule has 1 N–H and O–H groups in total. The molecule has 110 valence electrons. The molecule has 1 rings (SSSR count). The number of hydrogen-bond acceptors (Lipinski definition) is 3. The number of rotatable bonds is 4. The van der Waals surface area contributed by atoms with Crippen LogP contribution in [0.3, 0.4) is 0 Å². The van der Waals surface area contributed by atoms with Gasteiger partial charge in [-0.15, -0.1) is 0 Å². The lowest BCUT2D eigenvalue weighted by Gasteiger charge is -2.20. The number of para-hydroxylation sites is 1. The monoisotopic (exact) mass is 278 g/mol. The van der Waals surface area contributed by atoms with Gasteiger partial charge in [-0.25, -0.2) is 4.79 Å². The first-order valence-corrected chi connectivity index (χ1v) is 6.58. The lowest BCUT2D eigenvalue weighted by Crippen LogP contribution is -2.35. The summed E-state index contributed by atoms with van der Waals surface area (Å²) < 4.78 is 5.09. The molecular formula is C15H22N2O3. The van der Waals surface area contributed by atoms with E-state index in [1.54, 1.807) is 32.7 Å². The molecule has 0 aliphatic carbocycles. The summed E-state index contributed by atoms with van der Waals surface area (Å²) in [5.41, 5.74) is 0.296. The summed E-state index contributed by atoms with van der Waals surface area (Å²) in [4.78, 5) is 24.9. The molecule has 5 nitrogen and oxygen atoms in total. The lowest BCUT2D eigenvalue weighted by molar-refractivity contribution is -0.118. The third-order valence-corrected chi connectivity index (χ3v) is 2.52. The van der Waals surface area contributed by atoms with E-state index in [1.807, 2.05) is 30.3 Å². The van der Waals surface area contributed by atoms with Crippen LogP contribution < -0.4 is 10.2 Å². The Morgan fingerprint density at radius 1 is 1.20 bits per heavy atom. The van der Waals surface area contributed by atoms with Crippen molar-refractivity contribution in [2.24, 2.45) is 0 Å². The van der Waals surface area contributed by atoms with Gasteiger partial charge in [0.1, 0.15) is 5.60 Å². The topological polar surface area (TPSA) is 58.6 Å². The fourth-order valence-electron chi connectivity index (χ4n) is 1.55. The summed E-state index contributed by atoms with van der Waals surface area (Å²) in [6, 6.07) is 9.36. The highest BCUT2D eigenvalue weighted by Gasteiger charge is 2.16. The van der Waals surface area contributed by atoms with Crippen LogP contribution in [0.4, 0.5) is 10.5 Å². The number of nitrogens with one attached hydrogen (secondary N) is 1. The van der Waals surface area contributed by atoms with Crippen LogP contribution in [0.15, 0.2) is 30.3 Å². The van der Waals surface area contributed by atoms with Crippen LogP contribution in [0.25, 0.3) is 0 Å². The molecule has 20 heavy (non-hydrogen) atoms. The van der Waals surface area contributed by atoms with Gasteiger partial charge in [0.25, 0.3) is 0 Å². The Bertz CT molecular complexity index is 452. The lowest BCUT2D eigenvalue weighted by atomic mass is 10.2. The predicted octanol–water partition coefficient (Wildman–Crippen LogP) is 2.56. The standard InChI is InChI=1S/C15H22N2O3/c1-15(2,3)20-14(19)16-11-10-13(18)17(4)12-8-6-5-7-9-12/h5-9H,10-11H2,1-4H3,(H,16,19). The minimum Gasteiger partial charge on any atom is -0.444 e. The number of carbonyl (C=O) groups is 2. The largest absolute Gasteiger partial charge is 0.444 e. The molecule has 0 atom stereocenters. The summed E-state index contributed by atoms with van der Waals surface area (Å²) in [6.45, 7) is 5.63. The molecule has 0 aliphatic heterocycles. The first kappa shape index (κ1) is 16.0. The van der Waals surface area contributed by atoms with Gasteiger partial charge in [-0.3, -0.25) is 4.79 Å². The number of benzene rings is 1. The maximum Gasteiger partial charge on any atom is 0.407 e. The Morgan fingerprint density at radius 2 is 1.80 bits per heavy atom. The van der Waals surface area contributed by atoms with E-state index in [4.69, 9.17) is 4.74 Å². The van der Waals surface area contributed by atoms with Crippen LogP contribution in [0.2, 0.25) is 0 Å². The van der Waals surface area contributed by atoms with Gasteiger partial charge in [0.2, 0.25) is 5.91 Å². The van der Waals surface area contributed by atoms with E-state index in [0.29, 0.717) is 0 Å². The van der Waals surface area contributed by atoms with Crippen molar-refractivity contribution in [2.75, 3.05) is 18.5 Å². The summed E-state index contributed by atoms with van der Waals surface area (Å²) >= 11 is 0. The molecule has 5 heteroatoms. The third kappa shape index (κ3) is 5.73. The molecule has 1 aromatic rings. The molecule has 0 spiro atoms. The zero-order valence-corrected chi connectivity index (χ0v) is 12.5. The molecule has 0 heterocycles. The fourth-order valence-corrected chi connectivity index (χ4v) is 1.55. The van der Waals surface area contributed by atoms with Gasteiger partial charge in [0.05, 0.1) is 0 Å². The second-order valence-corrected chi connectivity index (χ2v) is 5.47. The minimum atomic E-state index is -0.533. The molecule has 0 saturated heterocycles. The number of nitrogens with zero attached hydrogens (tertiary/aromatic N) is 1. The molecule has 0 bridgehead atoms.